The van der Waals surface area contributed by atoms with Gasteiger partial charge < -0.3 is 0 Å². The lowest BCUT2D eigenvalue weighted by molar-refractivity contribution is -0.123. The molecule has 1 aromatic carbocycles. The molecular weight excluding hydrogens is 418 g/mol. The number of sulfonamides is 1. The predicted molar refractivity (Wildman–Crippen MR) is 131 cm³/mol. The Morgan fingerprint density at radius 1 is 0.750 bits per heavy atom. The maximum Gasteiger partial charge on any atom is 0.251 e. The number of amides is 1. The van der Waals surface area contributed by atoms with E-state index in [0.717, 1.165) is 56.9 Å². The second-order valence-electron chi connectivity index (χ2n) is 10.6. The Kier molecular flexibility index (Phi) is 7.64. The summed E-state index contributed by atoms with van der Waals surface area (Å²) in [5, 5.41) is -0.444. The van der Waals surface area contributed by atoms with Crippen LogP contribution in [0.2, 0.25) is 0 Å². The Balaban J connectivity index is 1.70. The molecule has 1 heterocycles. The van der Waals surface area contributed by atoms with Crippen molar-refractivity contribution in [1.82, 2.24) is 0 Å². The molecule has 0 N–H and O–H groups in total. The second kappa shape index (κ2) is 10.3. The van der Waals surface area contributed by atoms with Gasteiger partial charge in [0.2, 0.25) is 10.0 Å². The van der Waals surface area contributed by atoms with E-state index < -0.39 is 20.7 Å². The summed E-state index contributed by atoms with van der Waals surface area (Å²) in [6, 6.07) is 7.72. The van der Waals surface area contributed by atoms with Crippen LogP contribution in [0.15, 0.2) is 24.3 Å². The molecule has 178 valence electrons. The smallest absolute Gasteiger partial charge is 0.251 e. The van der Waals surface area contributed by atoms with E-state index in [1.165, 1.54) is 42.8 Å². The summed E-state index contributed by atoms with van der Waals surface area (Å²) in [4.78, 5) is 14.1. The number of anilines is 1. The van der Waals surface area contributed by atoms with Crippen molar-refractivity contribution in [1.29, 1.82) is 0 Å². The molecule has 2 saturated carbocycles. The van der Waals surface area contributed by atoms with Crippen molar-refractivity contribution in [3.05, 3.63) is 29.8 Å². The SMILES string of the molecule is CC1(C2CCCCCCCC2)C(=O)N(S(=O)(=O)C2CCCCCCCC2)c2ccccc21. The zero-order valence-electron chi connectivity index (χ0n) is 19.9. The molecule has 0 bridgehead atoms. The molecule has 0 spiro atoms. The van der Waals surface area contributed by atoms with Gasteiger partial charge >= 0.3 is 0 Å². The third-order valence-electron chi connectivity index (χ3n) is 8.46. The van der Waals surface area contributed by atoms with E-state index in [2.05, 4.69) is 0 Å². The van der Waals surface area contributed by atoms with Crippen molar-refractivity contribution in [3.8, 4) is 0 Å². The first-order valence-corrected chi connectivity index (χ1v) is 14.7. The Labute approximate surface area is 195 Å². The van der Waals surface area contributed by atoms with E-state index in [0.29, 0.717) is 18.5 Å². The molecule has 0 aromatic heterocycles. The molecule has 2 aliphatic carbocycles. The summed E-state index contributed by atoms with van der Waals surface area (Å²) in [6.45, 7) is 2.04. The van der Waals surface area contributed by atoms with Crippen LogP contribution in [0, 0.1) is 5.92 Å². The van der Waals surface area contributed by atoms with Crippen molar-refractivity contribution < 1.29 is 13.2 Å². The standard InChI is InChI=1S/C27H41NO3S/c1-27(22-16-10-6-2-3-7-11-17-22)24-20-14-15-21-25(24)28(26(27)29)32(30,31)23-18-12-8-4-5-9-13-19-23/h14-15,20-23H,2-13,16-19H2,1H3. The van der Waals surface area contributed by atoms with Gasteiger partial charge in [-0.1, -0.05) is 95.2 Å². The van der Waals surface area contributed by atoms with Crippen LogP contribution in [0.25, 0.3) is 0 Å². The fourth-order valence-electron chi connectivity index (χ4n) is 6.43. The summed E-state index contributed by atoms with van der Waals surface area (Å²) < 4.78 is 29.2. The van der Waals surface area contributed by atoms with E-state index in [-0.39, 0.29) is 11.8 Å². The van der Waals surface area contributed by atoms with Crippen LogP contribution in [0.1, 0.15) is 115 Å². The van der Waals surface area contributed by atoms with Gasteiger partial charge in [0.15, 0.2) is 0 Å². The van der Waals surface area contributed by atoms with Gasteiger partial charge in [-0.2, -0.15) is 0 Å². The minimum absolute atomic E-state index is 0.192. The van der Waals surface area contributed by atoms with Crippen molar-refractivity contribution in [3.63, 3.8) is 0 Å². The molecule has 1 aliphatic heterocycles. The van der Waals surface area contributed by atoms with E-state index in [4.69, 9.17) is 0 Å². The van der Waals surface area contributed by atoms with Crippen LogP contribution in [0.4, 0.5) is 5.69 Å². The maximum atomic E-state index is 14.1. The van der Waals surface area contributed by atoms with Crippen LogP contribution < -0.4 is 4.31 Å². The van der Waals surface area contributed by atoms with Crippen molar-refractivity contribution >= 4 is 21.6 Å². The van der Waals surface area contributed by atoms with Crippen LogP contribution in [0.5, 0.6) is 0 Å². The molecule has 1 atom stereocenters. The highest BCUT2D eigenvalue weighted by Gasteiger charge is 2.55. The number of hydrogen-bond donors (Lipinski definition) is 0. The van der Waals surface area contributed by atoms with Gasteiger partial charge in [-0.05, 0) is 50.2 Å². The summed E-state index contributed by atoms with van der Waals surface area (Å²) in [5.41, 5.74) is 0.813. The monoisotopic (exact) mass is 459 g/mol. The Morgan fingerprint density at radius 3 is 1.78 bits per heavy atom. The zero-order valence-corrected chi connectivity index (χ0v) is 20.7. The minimum Gasteiger partial charge on any atom is -0.272 e. The lowest BCUT2D eigenvalue weighted by Crippen LogP contribution is -2.48. The Morgan fingerprint density at radius 2 is 1.22 bits per heavy atom. The number of benzene rings is 1. The predicted octanol–water partition coefficient (Wildman–Crippen LogP) is 6.87. The zero-order chi connectivity index (χ0) is 22.6. The van der Waals surface area contributed by atoms with Crippen molar-refractivity contribution in [2.45, 2.75) is 120 Å². The van der Waals surface area contributed by atoms with E-state index in [1.54, 1.807) is 0 Å². The summed E-state index contributed by atoms with van der Waals surface area (Å²) in [6.07, 6.45) is 17.1. The summed E-state index contributed by atoms with van der Waals surface area (Å²) >= 11 is 0. The highest BCUT2D eigenvalue weighted by molar-refractivity contribution is 7.94. The van der Waals surface area contributed by atoms with Gasteiger partial charge in [-0.3, -0.25) is 4.79 Å². The molecule has 3 aliphatic rings. The second-order valence-corrected chi connectivity index (χ2v) is 12.6. The van der Waals surface area contributed by atoms with Gasteiger partial charge in [0.1, 0.15) is 0 Å². The number of rotatable bonds is 3. The average molecular weight is 460 g/mol. The molecule has 4 rings (SSSR count). The number of fused-ring (bicyclic) bond motifs is 1. The molecule has 0 saturated heterocycles. The van der Waals surface area contributed by atoms with Crippen LogP contribution in [0.3, 0.4) is 0 Å². The van der Waals surface area contributed by atoms with Crippen molar-refractivity contribution in [2.75, 3.05) is 4.31 Å². The van der Waals surface area contributed by atoms with E-state index >= 15 is 0 Å². The fourth-order valence-corrected chi connectivity index (χ4v) is 8.51. The van der Waals surface area contributed by atoms with Gasteiger partial charge in [-0.15, -0.1) is 0 Å². The molecule has 5 heteroatoms. The summed E-state index contributed by atoms with van der Waals surface area (Å²) in [7, 11) is -3.73. The average Bonchev–Trinajstić information content (AvgIpc) is 3.17. The van der Waals surface area contributed by atoms with Gasteiger partial charge in [0.05, 0.1) is 16.4 Å². The van der Waals surface area contributed by atoms with Crippen LogP contribution in [-0.2, 0) is 20.2 Å². The first-order valence-electron chi connectivity index (χ1n) is 13.2. The Hall–Kier alpha value is -1.36. The molecule has 32 heavy (non-hydrogen) atoms. The maximum absolute atomic E-state index is 14.1. The van der Waals surface area contributed by atoms with Crippen LogP contribution >= 0.6 is 0 Å². The number of nitrogens with zero attached hydrogens (tertiary/aromatic N) is 1. The third kappa shape index (κ3) is 4.51. The van der Waals surface area contributed by atoms with E-state index in [9.17, 15) is 13.2 Å². The van der Waals surface area contributed by atoms with E-state index in [1.807, 2.05) is 31.2 Å². The quantitative estimate of drug-likeness (QED) is 0.495. The minimum atomic E-state index is -3.73. The molecule has 1 unspecified atom stereocenters. The van der Waals surface area contributed by atoms with Crippen LogP contribution in [-0.4, -0.2) is 19.6 Å². The van der Waals surface area contributed by atoms with Gasteiger partial charge in [0.25, 0.3) is 5.91 Å². The van der Waals surface area contributed by atoms with Crippen molar-refractivity contribution in [2.24, 2.45) is 5.92 Å². The molecule has 2 fully saturated rings. The summed E-state index contributed by atoms with van der Waals surface area (Å²) in [5.74, 6) is 0.0119. The highest BCUT2D eigenvalue weighted by Crippen LogP contribution is 2.51. The molecule has 4 nitrogen and oxygen atoms in total. The molecule has 1 aromatic rings. The van der Waals surface area contributed by atoms with Gasteiger partial charge in [-0.25, -0.2) is 12.7 Å². The number of carbonyl (C=O) groups is 1. The topological polar surface area (TPSA) is 54.5 Å². The lowest BCUT2D eigenvalue weighted by Gasteiger charge is -2.34. The third-order valence-corrected chi connectivity index (χ3v) is 10.6. The number of para-hydroxylation sites is 1. The highest BCUT2D eigenvalue weighted by atomic mass is 32.2. The lowest BCUT2D eigenvalue weighted by atomic mass is 9.69. The number of carbonyl (C=O) groups excluding carboxylic acids is 1. The first-order chi connectivity index (χ1) is 15.5. The largest absolute Gasteiger partial charge is 0.272 e. The normalized spacial score (nSPS) is 27.5. The molecule has 1 amide bonds. The number of hydrogen-bond acceptors (Lipinski definition) is 3. The Bertz CT molecular complexity index is 876. The van der Waals surface area contributed by atoms with Gasteiger partial charge in [0, 0.05) is 0 Å². The molecular formula is C27H41NO3S. The first kappa shape index (κ1) is 23.8. The molecule has 0 radical (unpaired) electrons. The fraction of sp³-hybridized carbons (Fsp3) is 0.741.